The van der Waals surface area contributed by atoms with Gasteiger partial charge in [-0.3, -0.25) is 4.79 Å². The standard InChI is InChI=1S/C14H14FNO3/c15-9-5-7-10(8-6-9)16-13(17)11-3-1-2-4-12(11)14(18)19/h1-2,5-8,11-12H,3-4H2,(H,16,17)(H,18,19)/p-1/t11-,12+/m1/s1. The van der Waals surface area contributed by atoms with Crippen LogP contribution in [0.15, 0.2) is 36.4 Å². The molecule has 0 heterocycles. The van der Waals surface area contributed by atoms with Gasteiger partial charge in [-0.15, -0.1) is 0 Å². The lowest BCUT2D eigenvalue weighted by molar-refractivity contribution is -0.313. The van der Waals surface area contributed by atoms with Gasteiger partial charge in [-0.2, -0.15) is 0 Å². The Morgan fingerprint density at radius 2 is 1.68 bits per heavy atom. The lowest BCUT2D eigenvalue weighted by Crippen LogP contribution is -2.41. The topological polar surface area (TPSA) is 69.2 Å². The number of aliphatic carboxylic acids is 1. The fraction of sp³-hybridized carbons (Fsp3) is 0.286. The summed E-state index contributed by atoms with van der Waals surface area (Å²) in [4.78, 5) is 23.0. The van der Waals surface area contributed by atoms with Crippen LogP contribution < -0.4 is 10.4 Å². The lowest BCUT2D eigenvalue weighted by atomic mass is 9.82. The maximum Gasteiger partial charge on any atom is 0.228 e. The number of hydrogen-bond donors (Lipinski definition) is 1. The third-order valence-corrected chi connectivity index (χ3v) is 3.18. The first-order valence-corrected chi connectivity index (χ1v) is 6.00. The van der Waals surface area contributed by atoms with Gasteiger partial charge in [0.25, 0.3) is 0 Å². The van der Waals surface area contributed by atoms with Crippen LogP contribution in [-0.4, -0.2) is 11.9 Å². The molecule has 19 heavy (non-hydrogen) atoms. The minimum Gasteiger partial charge on any atom is -0.550 e. The van der Waals surface area contributed by atoms with Gasteiger partial charge < -0.3 is 15.2 Å². The number of nitrogens with one attached hydrogen (secondary N) is 1. The van der Waals surface area contributed by atoms with Gasteiger partial charge in [-0.25, -0.2) is 4.39 Å². The maximum atomic E-state index is 12.7. The van der Waals surface area contributed by atoms with E-state index in [1.54, 1.807) is 12.2 Å². The highest BCUT2D eigenvalue weighted by Gasteiger charge is 2.29. The fourth-order valence-electron chi connectivity index (χ4n) is 2.13. The summed E-state index contributed by atoms with van der Waals surface area (Å²) in [5, 5.41) is 13.6. The van der Waals surface area contributed by atoms with E-state index in [-0.39, 0.29) is 5.91 Å². The first-order valence-electron chi connectivity index (χ1n) is 6.00. The Morgan fingerprint density at radius 1 is 1.11 bits per heavy atom. The van der Waals surface area contributed by atoms with Gasteiger partial charge in [0.15, 0.2) is 0 Å². The Labute approximate surface area is 109 Å². The van der Waals surface area contributed by atoms with Gasteiger partial charge >= 0.3 is 0 Å². The van der Waals surface area contributed by atoms with Crippen LogP contribution in [0.3, 0.4) is 0 Å². The Bertz CT molecular complexity index is 510. The summed E-state index contributed by atoms with van der Waals surface area (Å²) in [6.45, 7) is 0. The third-order valence-electron chi connectivity index (χ3n) is 3.18. The van der Waals surface area contributed by atoms with Crippen LogP contribution in [0.25, 0.3) is 0 Å². The minimum absolute atomic E-state index is 0.295. The van der Waals surface area contributed by atoms with Gasteiger partial charge in [0.2, 0.25) is 5.91 Å². The van der Waals surface area contributed by atoms with Crippen LogP contribution in [0.4, 0.5) is 10.1 Å². The van der Waals surface area contributed by atoms with E-state index < -0.39 is 23.6 Å². The van der Waals surface area contributed by atoms with Crippen molar-refractivity contribution in [2.24, 2.45) is 11.8 Å². The molecule has 0 aromatic heterocycles. The SMILES string of the molecule is O=C([O-])[C@H]1CC=CC[C@H]1C(=O)Nc1ccc(F)cc1. The molecular weight excluding hydrogens is 249 g/mol. The summed E-state index contributed by atoms with van der Waals surface area (Å²) in [5.41, 5.74) is 0.443. The van der Waals surface area contributed by atoms with Crippen molar-refractivity contribution in [3.05, 3.63) is 42.2 Å². The molecule has 0 bridgehead atoms. The molecule has 0 aliphatic heterocycles. The highest BCUT2D eigenvalue weighted by atomic mass is 19.1. The molecule has 4 nitrogen and oxygen atoms in total. The van der Waals surface area contributed by atoms with Crippen molar-refractivity contribution in [3.8, 4) is 0 Å². The quantitative estimate of drug-likeness (QED) is 0.829. The molecule has 1 aliphatic carbocycles. The van der Waals surface area contributed by atoms with Gasteiger partial charge in [0, 0.05) is 17.6 Å². The number of benzene rings is 1. The smallest absolute Gasteiger partial charge is 0.228 e. The highest BCUT2D eigenvalue weighted by Crippen LogP contribution is 2.26. The molecule has 2 atom stereocenters. The van der Waals surface area contributed by atoms with Crippen molar-refractivity contribution in [2.75, 3.05) is 5.32 Å². The molecule has 1 amide bonds. The number of carboxylic acids is 1. The normalized spacial score (nSPS) is 21.9. The number of amides is 1. The summed E-state index contributed by atoms with van der Waals surface area (Å²) in [7, 11) is 0. The number of carbonyl (C=O) groups excluding carboxylic acids is 2. The number of anilines is 1. The largest absolute Gasteiger partial charge is 0.550 e. The number of allylic oxidation sites excluding steroid dienone is 2. The zero-order chi connectivity index (χ0) is 13.8. The Hall–Kier alpha value is -2.17. The molecule has 100 valence electrons. The second-order valence-corrected chi connectivity index (χ2v) is 4.47. The van der Waals surface area contributed by atoms with Crippen LogP contribution in [0.1, 0.15) is 12.8 Å². The molecule has 0 radical (unpaired) electrons. The molecule has 1 N–H and O–H groups in total. The first kappa shape index (κ1) is 13.3. The maximum absolute atomic E-state index is 12.7. The zero-order valence-electron chi connectivity index (χ0n) is 10.1. The van der Waals surface area contributed by atoms with Crippen molar-refractivity contribution < 1.29 is 19.1 Å². The Kier molecular flexibility index (Phi) is 3.94. The van der Waals surface area contributed by atoms with Crippen molar-refractivity contribution in [2.45, 2.75) is 12.8 Å². The van der Waals surface area contributed by atoms with Crippen LogP contribution in [0.2, 0.25) is 0 Å². The summed E-state index contributed by atoms with van der Waals surface area (Å²) in [6, 6.07) is 5.32. The van der Waals surface area contributed by atoms with E-state index in [0.717, 1.165) is 0 Å². The van der Waals surface area contributed by atoms with E-state index in [0.29, 0.717) is 18.5 Å². The average Bonchev–Trinajstić information content (AvgIpc) is 2.41. The number of carbonyl (C=O) groups is 2. The van der Waals surface area contributed by atoms with E-state index in [1.165, 1.54) is 24.3 Å². The predicted octanol–water partition coefficient (Wildman–Crippen LogP) is 1.10. The molecule has 1 aromatic rings. The molecule has 0 saturated heterocycles. The van der Waals surface area contributed by atoms with Crippen LogP contribution in [0, 0.1) is 17.7 Å². The second-order valence-electron chi connectivity index (χ2n) is 4.47. The van der Waals surface area contributed by atoms with E-state index >= 15 is 0 Å². The summed E-state index contributed by atoms with van der Waals surface area (Å²) < 4.78 is 12.7. The predicted molar refractivity (Wildman–Crippen MR) is 65.4 cm³/mol. The summed E-state index contributed by atoms with van der Waals surface area (Å²) in [6.07, 6.45) is 4.19. The fourth-order valence-corrected chi connectivity index (χ4v) is 2.13. The van der Waals surface area contributed by atoms with Crippen molar-refractivity contribution >= 4 is 17.6 Å². The second kappa shape index (κ2) is 5.65. The third kappa shape index (κ3) is 3.19. The van der Waals surface area contributed by atoms with Crippen molar-refractivity contribution in [1.82, 2.24) is 0 Å². The molecule has 0 spiro atoms. The van der Waals surface area contributed by atoms with Gasteiger partial charge in [0.05, 0.1) is 5.92 Å². The first-order chi connectivity index (χ1) is 9.08. The molecule has 0 fully saturated rings. The monoisotopic (exact) mass is 262 g/mol. The molecule has 1 aliphatic rings. The number of carboxylic acid groups (broad SMARTS) is 1. The lowest BCUT2D eigenvalue weighted by Gasteiger charge is -2.28. The summed E-state index contributed by atoms with van der Waals surface area (Å²) >= 11 is 0. The molecule has 0 unspecified atom stereocenters. The number of rotatable bonds is 3. The molecule has 1 aromatic carbocycles. The van der Waals surface area contributed by atoms with Crippen molar-refractivity contribution in [1.29, 1.82) is 0 Å². The van der Waals surface area contributed by atoms with Gasteiger partial charge in [0.1, 0.15) is 5.82 Å². The van der Waals surface area contributed by atoms with Gasteiger partial charge in [-0.05, 0) is 37.1 Å². The van der Waals surface area contributed by atoms with E-state index in [9.17, 15) is 19.1 Å². The Balaban J connectivity index is 2.08. The highest BCUT2D eigenvalue weighted by molar-refractivity contribution is 5.95. The van der Waals surface area contributed by atoms with Gasteiger partial charge in [-0.1, -0.05) is 12.2 Å². The summed E-state index contributed by atoms with van der Waals surface area (Å²) in [5.74, 6) is -3.47. The average molecular weight is 262 g/mol. The van der Waals surface area contributed by atoms with Crippen LogP contribution >= 0.6 is 0 Å². The molecule has 0 saturated carbocycles. The van der Waals surface area contributed by atoms with E-state index in [4.69, 9.17) is 0 Å². The molecular formula is C14H13FNO3-. The van der Waals surface area contributed by atoms with E-state index in [1.807, 2.05) is 0 Å². The minimum atomic E-state index is -1.22. The van der Waals surface area contributed by atoms with Crippen LogP contribution in [0.5, 0.6) is 0 Å². The molecule has 5 heteroatoms. The Morgan fingerprint density at radius 3 is 2.26 bits per heavy atom. The number of halogens is 1. The van der Waals surface area contributed by atoms with E-state index in [2.05, 4.69) is 5.32 Å². The van der Waals surface area contributed by atoms with Crippen molar-refractivity contribution in [3.63, 3.8) is 0 Å². The van der Waals surface area contributed by atoms with Crippen LogP contribution in [-0.2, 0) is 9.59 Å². The number of hydrogen-bond acceptors (Lipinski definition) is 3. The zero-order valence-corrected chi connectivity index (χ0v) is 10.1. The molecule has 2 rings (SSSR count).